The van der Waals surface area contributed by atoms with Crippen molar-refractivity contribution in [2.75, 3.05) is 5.32 Å². The molecule has 3 aromatic carbocycles. The molecule has 0 fully saturated rings. The number of aryl methyl sites for hydroxylation is 2. The van der Waals surface area contributed by atoms with Gasteiger partial charge in [0.1, 0.15) is 5.82 Å². The molecule has 3 aromatic rings. The van der Waals surface area contributed by atoms with Crippen LogP contribution in [0.3, 0.4) is 0 Å². The van der Waals surface area contributed by atoms with Crippen molar-refractivity contribution in [1.82, 2.24) is 0 Å². The Kier molecular flexibility index (Phi) is 3.24. The van der Waals surface area contributed by atoms with E-state index in [0.717, 1.165) is 18.5 Å². The van der Waals surface area contributed by atoms with Gasteiger partial charge in [-0.15, -0.1) is 0 Å². The molecule has 112 valence electrons. The van der Waals surface area contributed by atoms with Crippen LogP contribution < -0.4 is 5.32 Å². The third kappa shape index (κ3) is 2.33. The molecule has 0 radical (unpaired) electrons. The molecule has 0 spiro atoms. The average Bonchev–Trinajstić information content (AvgIpc) is 3.01. The van der Waals surface area contributed by atoms with Gasteiger partial charge in [-0.2, -0.15) is 5.26 Å². The Morgan fingerprint density at radius 2 is 1.87 bits per heavy atom. The number of nitrogens with one attached hydrogen (secondary N) is 1. The molecule has 2 nitrogen and oxygen atoms in total. The van der Waals surface area contributed by atoms with Gasteiger partial charge in [0.05, 0.1) is 11.6 Å². The van der Waals surface area contributed by atoms with Crippen LogP contribution in [0.4, 0.5) is 10.1 Å². The summed E-state index contributed by atoms with van der Waals surface area (Å²) in [5, 5.41) is 14.8. The Labute approximate surface area is 134 Å². The Bertz CT molecular complexity index is 943. The zero-order valence-electron chi connectivity index (χ0n) is 12.6. The minimum absolute atomic E-state index is 0.289. The van der Waals surface area contributed by atoms with E-state index in [1.807, 2.05) is 0 Å². The Balaban J connectivity index is 1.69. The summed E-state index contributed by atoms with van der Waals surface area (Å²) in [6.45, 7) is 0.361. The van der Waals surface area contributed by atoms with Crippen molar-refractivity contribution in [3.63, 3.8) is 0 Å². The molecule has 0 saturated heterocycles. The van der Waals surface area contributed by atoms with E-state index in [1.54, 1.807) is 6.07 Å². The highest BCUT2D eigenvalue weighted by Gasteiger charge is 2.15. The normalized spacial score (nSPS) is 12.3. The van der Waals surface area contributed by atoms with E-state index in [2.05, 4.69) is 41.7 Å². The van der Waals surface area contributed by atoms with Crippen molar-refractivity contribution in [2.24, 2.45) is 0 Å². The molecule has 0 aromatic heterocycles. The number of hydrogen-bond acceptors (Lipinski definition) is 2. The number of anilines is 1. The highest BCUT2D eigenvalue weighted by Crippen LogP contribution is 2.35. The Morgan fingerprint density at radius 1 is 1.04 bits per heavy atom. The molecule has 0 heterocycles. The van der Waals surface area contributed by atoms with Crippen LogP contribution in [0.15, 0.2) is 48.5 Å². The minimum Gasteiger partial charge on any atom is -0.380 e. The van der Waals surface area contributed by atoms with E-state index in [-0.39, 0.29) is 5.82 Å². The second kappa shape index (κ2) is 5.40. The maximum atomic E-state index is 13.9. The summed E-state index contributed by atoms with van der Waals surface area (Å²) in [6, 6.07) is 17.1. The van der Waals surface area contributed by atoms with Gasteiger partial charge in [-0.3, -0.25) is 0 Å². The van der Waals surface area contributed by atoms with E-state index < -0.39 is 0 Å². The average molecular weight is 302 g/mol. The van der Waals surface area contributed by atoms with E-state index in [4.69, 9.17) is 5.26 Å². The first-order chi connectivity index (χ1) is 11.3. The predicted octanol–water partition coefficient (Wildman–Crippen LogP) is 4.56. The molecule has 0 atom stereocenters. The summed E-state index contributed by atoms with van der Waals surface area (Å²) in [6.07, 6.45) is 2.18. The lowest BCUT2D eigenvalue weighted by atomic mass is 10.0. The van der Waals surface area contributed by atoms with Crippen molar-refractivity contribution >= 4 is 16.5 Å². The number of halogens is 1. The van der Waals surface area contributed by atoms with Gasteiger partial charge in [0, 0.05) is 23.2 Å². The van der Waals surface area contributed by atoms with Crippen molar-refractivity contribution < 1.29 is 4.39 Å². The third-order valence-electron chi connectivity index (χ3n) is 4.52. The first kappa shape index (κ1) is 13.8. The van der Waals surface area contributed by atoms with Crippen molar-refractivity contribution in [3.8, 4) is 6.07 Å². The number of hydrogen-bond donors (Lipinski definition) is 1. The molecule has 0 saturated carbocycles. The SMILES string of the molecule is N#Cc1ccc(F)c(CNc2ccc3c4c(cccc24)CC3)c1. The molecule has 4 rings (SSSR count). The van der Waals surface area contributed by atoms with Gasteiger partial charge >= 0.3 is 0 Å². The number of nitriles is 1. The largest absolute Gasteiger partial charge is 0.380 e. The van der Waals surface area contributed by atoms with Crippen LogP contribution in [0, 0.1) is 17.1 Å². The molecule has 0 amide bonds. The van der Waals surface area contributed by atoms with Gasteiger partial charge in [0.15, 0.2) is 0 Å². The molecule has 0 unspecified atom stereocenters. The van der Waals surface area contributed by atoms with Crippen LogP contribution in [0.25, 0.3) is 10.8 Å². The molecule has 1 aliphatic carbocycles. The first-order valence-corrected chi connectivity index (χ1v) is 7.72. The van der Waals surface area contributed by atoms with Gasteiger partial charge < -0.3 is 5.32 Å². The first-order valence-electron chi connectivity index (χ1n) is 7.72. The quantitative estimate of drug-likeness (QED) is 0.769. The fourth-order valence-corrected chi connectivity index (χ4v) is 3.37. The topological polar surface area (TPSA) is 35.8 Å². The molecule has 1 aliphatic rings. The van der Waals surface area contributed by atoms with Crippen LogP contribution in [0.1, 0.15) is 22.3 Å². The highest BCUT2D eigenvalue weighted by atomic mass is 19.1. The summed E-state index contributed by atoms with van der Waals surface area (Å²) < 4.78 is 13.9. The minimum atomic E-state index is -0.289. The maximum absolute atomic E-state index is 13.9. The third-order valence-corrected chi connectivity index (χ3v) is 4.52. The molecule has 1 N–H and O–H groups in total. The summed E-state index contributed by atoms with van der Waals surface area (Å²) in [4.78, 5) is 0. The van der Waals surface area contributed by atoms with Crippen LogP contribution in [0.5, 0.6) is 0 Å². The van der Waals surface area contributed by atoms with Crippen molar-refractivity contribution in [2.45, 2.75) is 19.4 Å². The van der Waals surface area contributed by atoms with Gasteiger partial charge in [0.2, 0.25) is 0 Å². The second-order valence-corrected chi connectivity index (χ2v) is 5.88. The Hall–Kier alpha value is -2.86. The van der Waals surface area contributed by atoms with Crippen LogP contribution in [0.2, 0.25) is 0 Å². The monoisotopic (exact) mass is 302 g/mol. The van der Waals surface area contributed by atoms with Crippen LogP contribution >= 0.6 is 0 Å². The van der Waals surface area contributed by atoms with E-state index in [1.165, 1.54) is 34.0 Å². The van der Waals surface area contributed by atoms with Gasteiger partial charge in [-0.25, -0.2) is 4.39 Å². The zero-order valence-corrected chi connectivity index (χ0v) is 12.6. The molecule has 0 bridgehead atoms. The van der Waals surface area contributed by atoms with Gasteiger partial charge in [-0.05, 0) is 53.6 Å². The van der Waals surface area contributed by atoms with E-state index in [0.29, 0.717) is 17.7 Å². The molecule has 0 aliphatic heterocycles. The zero-order chi connectivity index (χ0) is 15.8. The molecular weight excluding hydrogens is 287 g/mol. The van der Waals surface area contributed by atoms with Crippen LogP contribution in [-0.4, -0.2) is 0 Å². The highest BCUT2D eigenvalue weighted by molar-refractivity contribution is 5.99. The molecule has 3 heteroatoms. The summed E-state index contributed by atoms with van der Waals surface area (Å²) >= 11 is 0. The molecule has 23 heavy (non-hydrogen) atoms. The van der Waals surface area contributed by atoms with Crippen molar-refractivity contribution in [1.29, 1.82) is 5.26 Å². The predicted molar refractivity (Wildman–Crippen MR) is 89.8 cm³/mol. The lowest BCUT2D eigenvalue weighted by molar-refractivity contribution is 0.613. The Morgan fingerprint density at radius 3 is 2.70 bits per heavy atom. The fourth-order valence-electron chi connectivity index (χ4n) is 3.37. The fraction of sp³-hybridized carbons (Fsp3) is 0.150. The summed E-state index contributed by atoms with van der Waals surface area (Å²) in [7, 11) is 0. The standard InChI is InChI=1S/C20H15FN2/c21-18-8-4-13(11-22)10-16(18)12-23-19-9-7-15-6-5-14-2-1-3-17(19)20(14)15/h1-4,7-10,23H,5-6,12H2. The summed E-state index contributed by atoms with van der Waals surface area (Å²) in [5.41, 5.74) is 4.77. The second-order valence-electron chi connectivity index (χ2n) is 5.88. The maximum Gasteiger partial charge on any atom is 0.128 e. The molecular formula is C20H15FN2. The smallest absolute Gasteiger partial charge is 0.128 e. The number of benzene rings is 3. The van der Waals surface area contributed by atoms with Crippen LogP contribution in [-0.2, 0) is 19.4 Å². The van der Waals surface area contributed by atoms with Gasteiger partial charge in [0.25, 0.3) is 0 Å². The summed E-state index contributed by atoms with van der Waals surface area (Å²) in [5.74, 6) is -0.289. The van der Waals surface area contributed by atoms with E-state index >= 15 is 0 Å². The number of nitrogens with zero attached hydrogens (tertiary/aromatic N) is 1. The number of rotatable bonds is 3. The van der Waals surface area contributed by atoms with Crippen molar-refractivity contribution in [3.05, 3.63) is 76.6 Å². The lowest BCUT2D eigenvalue weighted by Gasteiger charge is -2.12. The lowest BCUT2D eigenvalue weighted by Crippen LogP contribution is -2.03. The van der Waals surface area contributed by atoms with E-state index in [9.17, 15) is 4.39 Å². The van der Waals surface area contributed by atoms with Gasteiger partial charge in [-0.1, -0.05) is 24.3 Å².